The van der Waals surface area contributed by atoms with Gasteiger partial charge in [-0.3, -0.25) is 4.90 Å². The third-order valence-corrected chi connectivity index (χ3v) is 9.99. The van der Waals surface area contributed by atoms with Crippen LogP contribution in [0.2, 0.25) is 0 Å². The number of benzene rings is 3. The average molecular weight is 528 g/mol. The molecule has 1 aromatic heterocycles. The molecule has 0 amide bonds. The molecule has 0 unspecified atom stereocenters. The molecule has 1 fully saturated rings. The highest BCUT2D eigenvalue weighted by Gasteiger charge is 2.47. The first kappa shape index (κ1) is 25.0. The van der Waals surface area contributed by atoms with Gasteiger partial charge in [0, 0.05) is 43.7 Å². The highest BCUT2D eigenvalue weighted by molar-refractivity contribution is 7.89. The molecule has 2 aliphatic heterocycles. The number of sulfonamides is 1. The number of anilines is 1. The molecule has 8 heteroatoms. The van der Waals surface area contributed by atoms with Gasteiger partial charge in [-0.05, 0) is 50.6 Å². The van der Waals surface area contributed by atoms with Crippen molar-refractivity contribution in [3.05, 3.63) is 84.4 Å². The number of piperazine rings is 1. The molecule has 3 aromatic carbocycles. The number of hydrogen-bond acceptors (Lipinski definition) is 6. The van der Waals surface area contributed by atoms with Gasteiger partial charge in [0.15, 0.2) is 5.82 Å². The fourth-order valence-electron chi connectivity index (χ4n) is 5.79. The first-order chi connectivity index (χ1) is 18.4. The molecular weight excluding hydrogens is 494 g/mol. The van der Waals surface area contributed by atoms with E-state index in [1.54, 1.807) is 16.4 Å². The van der Waals surface area contributed by atoms with E-state index in [1.807, 2.05) is 68.4 Å². The summed E-state index contributed by atoms with van der Waals surface area (Å²) >= 11 is 0. The van der Waals surface area contributed by atoms with Crippen LogP contribution >= 0.6 is 0 Å². The molecule has 0 N–H and O–H groups in total. The minimum Gasteiger partial charge on any atom is -0.353 e. The van der Waals surface area contributed by atoms with Crippen LogP contribution in [0.3, 0.4) is 0 Å². The molecule has 0 atom stereocenters. The SMILES string of the molecule is CC1(C)c2ccccc2S(=O)(=O)N1CCCN1CCN(c2nc(-c3ccccc3)nc3ccccc23)CC1. The molecule has 0 spiro atoms. The van der Waals surface area contributed by atoms with Gasteiger partial charge in [0.1, 0.15) is 5.82 Å². The third-order valence-electron chi connectivity index (χ3n) is 7.86. The zero-order valence-electron chi connectivity index (χ0n) is 21.9. The summed E-state index contributed by atoms with van der Waals surface area (Å²) in [7, 11) is -3.46. The molecular formula is C30H33N5O2S. The van der Waals surface area contributed by atoms with Crippen molar-refractivity contribution in [2.24, 2.45) is 0 Å². The van der Waals surface area contributed by atoms with Gasteiger partial charge in [0.05, 0.1) is 16.0 Å². The van der Waals surface area contributed by atoms with Gasteiger partial charge in [-0.25, -0.2) is 18.4 Å². The van der Waals surface area contributed by atoms with E-state index in [1.165, 1.54) is 0 Å². The van der Waals surface area contributed by atoms with Crippen molar-refractivity contribution in [1.29, 1.82) is 0 Å². The Bertz CT molecular complexity index is 1560. The first-order valence-corrected chi connectivity index (χ1v) is 14.7. The van der Waals surface area contributed by atoms with Gasteiger partial charge in [-0.15, -0.1) is 0 Å². The van der Waals surface area contributed by atoms with Crippen LogP contribution in [0.25, 0.3) is 22.3 Å². The Balaban J connectivity index is 1.12. The van der Waals surface area contributed by atoms with Gasteiger partial charge in [-0.1, -0.05) is 60.7 Å². The van der Waals surface area contributed by atoms with Crippen molar-refractivity contribution in [3.63, 3.8) is 0 Å². The smallest absolute Gasteiger partial charge is 0.244 e. The van der Waals surface area contributed by atoms with E-state index in [4.69, 9.17) is 9.97 Å². The highest BCUT2D eigenvalue weighted by atomic mass is 32.2. The number of hydrogen-bond donors (Lipinski definition) is 0. The lowest BCUT2D eigenvalue weighted by atomic mass is 9.94. The van der Waals surface area contributed by atoms with Gasteiger partial charge >= 0.3 is 0 Å². The molecule has 196 valence electrons. The Morgan fingerprint density at radius 2 is 1.47 bits per heavy atom. The van der Waals surface area contributed by atoms with Crippen molar-refractivity contribution in [3.8, 4) is 11.4 Å². The minimum atomic E-state index is -3.46. The molecule has 7 nitrogen and oxygen atoms in total. The summed E-state index contributed by atoms with van der Waals surface area (Å²) in [6, 6.07) is 25.7. The number of fused-ring (bicyclic) bond motifs is 2. The Hall–Kier alpha value is -3.33. The lowest BCUT2D eigenvalue weighted by Crippen LogP contribution is -2.48. The van der Waals surface area contributed by atoms with Crippen LogP contribution < -0.4 is 4.90 Å². The molecule has 4 aromatic rings. The van der Waals surface area contributed by atoms with Crippen molar-refractivity contribution in [2.45, 2.75) is 30.7 Å². The van der Waals surface area contributed by atoms with Crippen molar-refractivity contribution < 1.29 is 8.42 Å². The second kappa shape index (κ2) is 9.76. The standard InChI is InChI=1S/C30H33N5O2S/c1-30(2)25-14-7-9-16-27(25)38(36,37)35(30)18-10-17-33-19-21-34(22-20-33)29-24-13-6-8-15-26(24)31-28(32-29)23-11-4-3-5-12-23/h3-9,11-16H,10,17-22H2,1-2H3. The molecule has 3 heterocycles. The number of para-hydroxylation sites is 1. The van der Waals surface area contributed by atoms with E-state index in [0.717, 1.165) is 72.8 Å². The quantitative estimate of drug-likeness (QED) is 0.361. The molecule has 0 bridgehead atoms. The van der Waals surface area contributed by atoms with Crippen LogP contribution in [0.4, 0.5) is 5.82 Å². The second-order valence-electron chi connectivity index (χ2n) is 10.6. The number of nitrogens with zero attached hydrogens (tertiary/aromatic N) is 5. The fraction of sp³-hybridized carbons (Fsp3) is 0.333. The zero-order chi connectivity index (χ0) is 26.3. The fourth-order valence-corrected chi connectivity index (χ4v) is 7.94. The Kier molecular flexibility index (Phi) is 6.42. The summed E-state index contributed by atoms with van der Waals surface area (Å²) in [4.78, 5) is 15.1. The van der Waals surface area contributed by atoms with Gasteiger partial charge in [0.2, 0.25) is 10.0 Å². The largest absolute Gasteiger partial charge is 0.353 e. The molecule has 38 heavy (non-hydrogen) atoms. The summed E-state index contributed by atoms with van der Waals surface area (Å²) in [5.74, 6) is 1.73. The summed E-state index contributed by atoms with van der Waals surface area (Å²) in [5, 5.41) is 1.07. The predicted octanol–water partition coefficient (Wildman–Crippen LogP) is 4.75. The lowest BCUT2D eigenvalue weighted by Gasteiger charge is -2.36. The maximum absolute atomic E-state index is 13.2. The van der Waals surface area contributed by atoms with E-state index >= 15 is 0 Å². The minimum absolute atomic E-state index is 0.450. The molecule has 0 aliphatic carbocycles. The summed E-state index contributed by atoms with van der Waals surface area (Å²) < 4.78 is 28.1. The van der Waals surface area contributed by atoms with E-state index < -0.39 is 15.6 Å². The van der Waals surface area contributed by atoms with Crippen LogP contribution in [0.1, 0.15) is 25.8 Å². The van der Waals surface area contributed by atoms with E-state index in [-0.39, 0.29) is 0 Å². The second-order valence-corrected chi connectivity index (χ2v) is 12.4. The molecule has 6 rings (SSSR count). The van der Waals surface area contributed by atoms with Crippen LogP contribution in [0, 0.1) is 0 Å². The third kappa shape index (κ3) is 4.36. The monoisotopic (exact) mass is 527 g/mol. The van der Waals surface area contributed by atoms with Crippen LogP contribution in [-0.4, -0.2) is 66.9 Å². The Morgan fingerprint density at radius 3 is 2.24 bits per heavy atom. The first-order valence-electron chi connectivity index (χ1n) is 13.3. The van der Waals surface area contributed by atoms with Crippen LogP contribution in [0.5, 0.6) is 0 Å². The van der Waals surface area contributed by atoms with E-state index in [9.17, 15) is 8.42 Å². The van der Waals surface area contributed by atoms with Gasteiger partial charge in [0.25, 0.3) is 0 Å². The molecule has 0 saturated carbocycles. The number of rotatable bonds is 6. The van der Waals surface area contributed by atoms with Crippen LogP contribution in [-0.2, 0) is 15.6 Å². The summed E-state index contributed by atoms with van der Waals surface area (Å²) in [5.41, 5.74) is 2.33. The van der Waals surface area contributed by atoms with E-state index in [0.29, 0.717) is 11.4 Å². The summed E-state index contributed by atoms with van der Waals surface area (Å²) in [6.07, 6.45) is 0.797. The molecule has 2 aliphatic rings. The molecule has 0 radical (unpaired) electrons. The predicted molar refractivity (Wildman–Crippen MR) is 152 cm³/mol. The van der Waals surface area contributed by atoms with Crippen LogP contribution in [0.15, 0.2) is 83.8 Å². The normalized spacial score (nSPS) is 19.1. The maximum atomic E-state index is 13.2. The van der Waals surface area contributed by atoms with E-state index in [2.05, 4.69) is 21.9 Å². The van der Waals surface area contributed by atoms with Crippen molar-refractivity contribution in [1.82, 2.24) is 19.2 Å². The van der Waals surface area contributed by atoms with Crippen molar-refractivity contribution >= 4 is 26.7 Å². The van der Waals surface area contributed by atoms with Gasteiger partial charge in [-0.2, -0.15) is 4.31 Å². The topological polar surface area (TPSA) is 69.6 Å². The van der Waals surface area contributed by atoms with Gasteiger partial charge < -0.3 is 4.90 Å². The van der Waals surface area contributed by atoms with Crippen molar-refractivity contribution in [2.75, 3.05) is 44.2 Å². The average Bonchev–Trinajstić information content (AvgIpc) is 3.10. The lowest BCUT2D eigenvalue weighted by molar-refractivity contribution is 0.209. The maximum Gasteiger partial charge on any atom is 0.244 e. The summed E-state index contributed by atoms with van der Waals surface area (Å²) in [6.45, 7) is 8.95. The Morgan fingerprint density at radius 1 is 0.789 bits per heavy atom. The number of aromatic nitrogens is 2. The Labute approximate surface area is 224 Å². The highest BCUT2D eigenvalue weighted by Crippen LogP contribution is 2.43. The zero-order valence-corrected chi connectivity index (χ0v) is 22.7. The molecule has 1 saturated heterocycles.